The van der Waals surface area contributed by atoms with Crippen molar-refractivity contribution in [1.29, 1.82) is 0 Å². The second kappa shape index (κ2) is 19.1. The van der Waals surface area contributed by atoms with Crippen LogP contribution in [0.5, 0.6) is 11.5 Å². The highest BCUT2D eigenvalue weighted by Gasteiger charge is 2.32. The summed E-state index contributed by atoms with van der Waals surface area (Å²) < 4.78 is 18.2. The fourth-order valence-electron chi connectivity index (χ4n) is 7.54. The monoisotopic (exact) mass is 771 g/mol. The SMILES string of the molecule is COc1c2cc3ccccc3c1-c1c(OC)c(cc3ccccc13)CC(NC(C)=O)C(=O)N[C@H](CCCC[NH3+])C(=O)N[C@H](C(=O)OCc1ccccc1)C/C=C\C2. The number of hydrogen-bond acceptors (Lipinski definition) is 7. The molecule has 1 unspecified atom stereocenters. The molecule has 1 heterocycles. The number of quaternary nitrogens is 1. The Balaban J connectivity index is 1.52. The van der Waals surface area contributed by atoms with Crippen LogP contribution in [0.3, 0.4) is 0 Å². The Kier molecular flexibility index (Phi) is 13.6. The third-order valence-corrected chi connectivity index (χ3v) is 10.3. The summed E-state index contributed by atoms with van der Waals surface area (Å²) in [5.41, 5.74) is 7.93. The second-order valence-electron chi connectivity index (χ2n) is 14.3. The molecule has 5 aromatic rings. The van der Waals surface area contributed by atoms with Gasteiger partial charge in [-0.3, -0.25) is 14.4 Å². The van der Waals surface area contributed by atoms with Gasteiger partial charge in [0.2, 0.25) is 17.7 Å². The minimum atomic E-state index is -1.08. The van der Waals surface area contributed by atoms with Crippen LogP contribution in [0.2, 0.25) is 0 Å². The van der Waals surface area contributed by atoms with Gasteiger partial charge in [-0.05, 0) is 82.5 Å². The summed E-state index contributed by atoms with van der Waals surface area (Å²) in [6.45, 7) is 2.04. The molecule has 0 fully saturated rings. The van der Waals surface area contributed by atoms with Gasteiger partial charge in [0.15, 0.2) is 0 Å². The zero-order valence-electron chi connectivity index (χ0n) is 32.8. The summed E-state index contributed by atoms with van der Waals surface area (Å²) >= 11 is 0. The molecule has 0 aromatic heterocycles. The number of carbonyl (C=O) groups excluding carboxylic acids is 4. The van der Waals surface area contributed by atoms with Crippen molar-refractivity contribution in [3.8, 4) is 22.6 Å². The number of ether oxygens (including phenoxy) is 3. The van der Waals surface area contributed by atoms with E-state index >= 15 is 0 Å². The van der Waals surface area contributed by atoms with E-state index in [1.807, 2.05) is 84.9 Å². The molecule has 1 aliphatic rings. The van der Waals surface area contributed by atoms with E-state index in [9.17, 15) is 19.2 Å². The Morgan fingerprint density at radius 3 is 2.02 bits per heavy atom. The molecule has 6 rings (SSSR count). The predicted octanol–water partition coefficient (Wildman–Crippen LogP) is 5.35. The lowest BCUT2D eigenvalue weighted by Gasteiger charge is -2.26. The Bertz CT molecular complexity index is 2270. The quantitative estimate of drug-likeness (QED) is 0.0847. The van der Waals surface area contributed by atoms with E-state index in [2.05, 4.69) is 39.9 Å². The van der Waals surface area contributed by atoms with Crippen LogP contribution >= 0.6 is 0 Å². The van der Waals surface area contributed by atoms with Crippen LogP contribution in [0.15, 0.2) is 103 Å². The van der Waals surface area contributed by atoms with E-state index in [0.29, 0.717) is 42.9 Å². The van der Waals surface area contributed by atoms with Gasteiger partial charge in [0.1, 0.15) is 36.2 Å². The molecule has 1 aliphatic heterocycles. The number of esters is 1. The molecule has 4 bridgehead atoms. The van der Waals surface area contributed by atoms with Gasteiger partial charge in [-0.25, -0.2) is 4.79 Å². The summed E-state index contributed by atoms with van der Waals surface area (Å²) in [6, 6.07) is 26.3. The highest BCUT2D eigenvalue weighted by Crippen LogP contribution is 2.48. The van der Waals surface area contributed by atoms with Crippen LogP contribution in [-0.4, -0.2) is 62.6 Å². The number of allylic oxidation sites excluding steroid dienone is 1. The van der Waals surface area contributed by atoms with Crippen molar-refractivity contribution in [2.45, 2.75) is 70.2 Å². The van der Waals surface area contributed by atoms with Gasteiger partial charge in [0.05, 0.1) is 20.8 Å². The predicted molar refractivity (Wildman–Crippen MR) is 220 cm³/mol. The van der Waals surface area contributed by atoms with E-state index < -0.39 is 41.8 Å². The summed E-state index contributed by atoms with van der Waals surface area (Å²) in [5, 5.41) is 12.4. The first-order valence-corrected chi connectivity index (χ1v) is 19.4. The van der Waals surface area contributed by atoms with Gasteiger partial charge in [-0.1, -0.05) is 91.0 Å². The number of rotatable bonds is 10. The Morgan fingerprint density at radius 1 is 0.772 bits per heavy atom. The molecule has 6 N–H and O–H groups in total. The lowest BCUT2D eigenvalue weighted by molar-refractivity contribution is -0.368. The molecule has 0 spiro atoms. The Hall–Kier alpha value is -6.20. The lowest BCUT2D eigenvalue weighted by Crippen LogP contribution is -2.56. The normalized spacial score (nSPS) is 18.1. The van der Waals surface area contributed by atoms with Crippen LogP contribution in [0.25, 0.3) is 32.7 Å². The van der Waals surface area contributed by atoms with E-state index in [-0.39, 0.29) is 19.4 Å². The third kappa shape index (κ3) is 9.61. The molecule has 0 radical (unpaired) electrons. The summed E-state index contributed by atoms with van der Waals surface area (Å²) in [6.07, 6.45) is 6.09. The molecule has 11 heteroatoms. The average molecular weight is 772 g/mol. The van der Waals surface area contributed by atoms with Gasteiger partial charge >= 0.3 is 5.97 Å². The topological polar surface area (TPSA) is 160 Å². The maximum absolute atomic E-state index is 14.3. The first-order chi connectivity index (χ1) is 27.7. The van der Waals surface area contributed by atoms with E-state index in [1.165, 1.54) is 6.92 Å². The first kappa shape index (κ1) is 40.5. The summed E-state index contributed by atoms with van der Waals surface area (Å²) in [7, 11) is 3.24. The van der Waals surface area contributed by atoms with Gasteiger partial charge in [-0.15, -0.1) is 0 Å². The number of nitrogens with one attached hydrogen (secondary N) is 3. The summed E-state index contributed by atoms with van der Waals surface area (Å²) in [5.74, 6) is -0.913. The van der Waals surface area contributed by atoms with Crippen molar-refractivity contribution >= 4 is 45.2 Å². The maximum Gasteiger partial charge on any atom is 0.329 e. The van der Waals surface area contributed by atoms with Gasteiger partial charge in [0.25, 0.3) is 0 Å². The molecule has 0 saturated carbocycles. The van der Waals surface area contributed by atoms with Crippen molar-refractivity contribution in [2.75, 3.05) is 20.8 Å². The van der Waals surface area contributed by atoms with E-state index in [1.54, 1.807) is 14.2 Å². The minimum absolute atomic E-state index is 0.0349. The fourth-order valence-corrected chi connectivity index (χ4v) is 7.54. The lowest BCUT2D eigenvalue weighted by atomic mass is 9.87. The number of hydrogen-bond donors (Lipinski definition) is 4. The molecule has 3 atom stereocenters. The van der Waals surface area contributed by atoms with Crippen LogP contribution in [0, 0.1) is 0 Å². The standard InChI is InChI=1S/C46H50N4O7/c1-29(51)48-39-27-34-26-32-18-8-11-21-36(32)41(43(34)56-3)40-35-20-10-7-17-31(35)25-33(42(40)55-2)19-9-12-23-38(46(54)57-28-30-15-5-4-6-16-30)50-44(52)37(49-45(39)53)22-13-14-24-47/h4-12,15-18,20-21,25-26,37-39H,13-14,19,22-24,27-28,47H2,1-3H3,(H,48,51)(H,49,53)(H,50,52)/p+1/b12-9-/t37-,38+,39?/m1/s1. The third-order valence-electron chi connectivity index (χ3n) is 10.3. The average Bonchev–Trinajstić information content (AvgIpc) is 3.22. The number of amides is 3. The second-order valence-corrected chi connectivity index (χ2v) is 14.3. The molecule has 3 amide bonds. The maximum atomic E-state index is 14.3. The molecule has 0 aliphatic carbocycles. The molecule has 5 aromatic carbocycles. The molecule has 296 valence electrons. The number of fused-ring (bicyclic) bond motifs is 9. The molecule has 57 heavy (non-hydrogen) atoms. The van der Waals surface area contributed by atoms with Gasteiger partial charge in [-0.2, -0.15) is 0 Å². The smallest absolute Gasteiger partial charge is 0.329 e. The number of carbonyl (C=O) groups is 4. The van der Waals surface area contributed by atoms with Crippen LogP contribution < -0.4 is 31.2 Å². The van der Waals surface area contributed by atoms with Crippen molar-refractivity contribution < 1.29 is 39.1 Å². The molecular formula is C46H51N4O7+. The molecular weight excluding hydrogens is 721 g/mol. The zero-order chi connectivity index (χ0) is 40.3. The minimum Gasteiger partial charge on any atom is -0.496 e. The van der Waals surface area contributed by atoms with Crippen molar-refractivity contribution in [3.63, 3.8) is 0 Å². The fraction of sp³-hybridized carbons (Fsp3) is 0.304. The Labute approximate surface area is 332 Å². The van der Waals surface area contributed by atoms with E-state index in [0.717, 1.165) is 50.2 Å². The van der Waals surface area contributed by atoms with Crippen LogP contribution in [0.1, 0.15) is 49.3 Å². The molecule has 0 saturated heterocycles. The van der Waals surface area contributed by atoms with Crippen LogP contribution in [-0.2, 0) is 43.4 Å². The first-order valence-electron chi connectivity index (χ1n) is 19.4. The highest BCUT2D eigenvalue weighted by atomic mass is 16.5. The van der Waals surface area contributed by atoms with E-state index in [4.69, 9.17) is 14.2 Å². The molecule has 11 nitrogen and oxygen atoms in total. The van der Waals surface area contributed by atoms with Crippen molar-refractivity contribution in [3.05, 3.63) is 120 Å². The zero-order valence-corrected chi connectivity index (χ0v) is 32.8. The van der Waals surface area contributed by atoms with Crippen LogP contribution in [0.4, 0.5) is 0 Å². The highest BCUT2D eigenvalue weighted by molar-refractivity contribution is 6.11. The number of methoxy groups -OCH3 is 2. The Morgan fingerprint density at radius 2 is 1.39 bits per heavy atom. The number of unbranched alkanes of at least 4 members (excludes halogenated alkanes) is 1. The number of benzene rings is 5. The van der Waals surface area contributed by atoms with Crippen molar-refractivity contribution in [1.82, 2.24) is 16.0 Å². The van der Waals surface area contributed by atoms with Gasteiger partial charge < -0.3 is 35.9 Å². The van der Waals surface area contributed by atoms with Gasteiger partial charge in [0, 0.05) is 24.5 Å². The largest absolute Gasteiger partial charge is 0.496 e. The van der Waals surface area contributed by atoms with Crippen molar-refractivity contribution in [2.24, 2.45) is 0 Å². The summed E-state index contributed by atoms with van der Waals surface area (Å²) in [4.78, 5) is 54.7.